The Morgan fingerprint density at radius 1 is 1.19 bits per heavy atom. The van der Waals surface area contributed by atoms with Crippen molar-refractivity contribution < 1.29 is 13.2 Å². The van der Waals surface area contributed by atoms with Crippen molar-refractivity contribution in [2.45, 2.75) is 33.0 Å². The molecule has 1 N–H and O–H groups in total. The first-order chi connectivity index (χ1) is 9.68. The molecule has 1 aromatic heterocycles. The van der Waals surface area contributed by atoms with E-state index in [9.17, 15) is 13.2 Å². The third-order valence-corrected chi connectivity index (χ3v) is 4.68. The van der Waals surface area contributed by atoms with E-state index in [0.29, 0.717) is 4.47 Å². The molecular formula is C15H15BrF3NS. The summed E-state index contributed by atoms with van der Waals surface area (Å²) in [5, 5.41) is 2.98. The SMILES string of the molecule is Cc1cc(C(C)Nc2cc(Br)ccc2C(F)(F)F)c(C)s1. The van der Waals surface area contributed by atoms with E-state index in [4.69, 9.17) is 0 Å². The number of alkyl halides is 3. The van der Waals surface area contributed by atoms with Crippen LogP contribution in [-0.4, -0.2) is 0 Å². The van der Waals surface area contributed by atoms with E-state index in [1.54, 1.807) is 11.3 Å². The van der Waals surface area contributed by atoms with Gasteiger partial charge in [0.1, 0.15) is 0 Å². The minimum atomic E-state index is -4.37. The molecule has 2 rings (SSSR count). The molecule has 0 amide bonds. The molecule has 0 saturated heterocycles. The molecule has 1 atom stereocenters. The Labute approximate surface area is 134 Å². The largest absolute Gasteiger partial charge is 0.418 e. The highest BCUT2D eigenvalue weighted by Gasteiger charge is 2.33. The molecule has 1 heterocycles. The van der Waals surface area contributed by atoms with Crippen LogP contribution in [0.15, 0.2) is 28.7 Å². The number of hydrogen-bond acceptors (Lipinski definition) is 2. The monoisotopic (exact) mass is 377 g/mol. The van der Waals surface area contributed by atoms with Gasteiger partial charge < -0.3 is 5.32 Å². The molecule has 21 heavy (non-hydrogen) atoms. The maximum Gasteiger partial charge on any atom is 0.418 e. The summed E-state index contributed by atoms with van der Waals surface area (Å²) >= 11 is 4.87. The van der Waals surface area contributed by atoms with Crippen LogP contribution in [0.2, 0.25) is 0 Å². The van der Waals surface area contributed by atoms with Gasteiger partial charge in [0.05, 0.1) is 5.56 Å². The van der Waals surface area contributed by atoms with Gasteiger partial charge in [-0.15, -0.1) is 11.3 Å². The molecular weight excluding hydrogens is 363 g/mol. The summed E-state index contributed by atoms with van der Waals surface area (Å²) in [6.45, 7) is 5.85. The Bertz CT molecular complexity index is 649. The normalized spacial score (nSPS) is 13.3. The van der Waals surface area contributed by atoms with E-state index < -0.39 is 11.7 Å². The van der Waals surface area contributed by atoms with Crippen LogP contribution in [0.3, 0.4) is 0 Å². The average molecular weight is 378 g/mol. The molecule has 2 aromatic rings. The fourth-order valence-electron chi connectivity index (χ4n) is 2.27. The zero-order valence-corrected chi connectivity index (χ0v) is 14.2. The summed E-state index contributed by atoms with van der Waals surface area (Å²) in [6.07, 6.45) is -4.37. The van der Waals surface area contributed by atoms with Crippen LogP contribution in [-0.2, 0) is 6.18 Å². The van der Waals surface area contributed by atoms with Crippen LogP contribution in [0, 0.1) is 13.8 Å². The minimum absolute atomic E-state index is 0.0904. The van der Waals surface area contributed by atoms with Crippen LogP contribution in [0.1, 0.15) is 33.8 Å². The molecule has 6 heteroatoms. The highest BCUT2D eigenvalue weighted by Crippen LogP contribution is 2.38. The topological polar surface area (TPSA) is 12.0 Å². The Morgan fingerprint density at radius 3 is 2.38 bits per heavy atom. The number of benzene rings is 1. The number of thiophene rings is 1. The quantitative estimate of drug-likeness (QED) is 0.659. The number of nitrogens with one attached hydrogen (secondary N) is 1. The Balaban J connectivity index is 2.35. The van der Waals surface area contributed by atoms with Crippen molar-refractivity contribution in [1.29, 1.82) is 0 Å². The second-order valence-corrected chi connectivity index (χ2v) is 7.30. The van der Waals surface area contributed by atoms with Gasteiger partial charge in [-0.1, -0.05) is 15.9 Å². The molecule has 0 spiro atoms. The molecule has 1 unspecified atom stereocenters. The number of rotatable bonds is 3. The Hall–Kier alpha value is -1.01. The third kappa shape index (κ3) is 3.80. The first-order valence-corrected chi connectivity index (χ1v) is 7.99. The fourth-order valence-corrected chi connectivity index (χ4v) is 3.66. The lowest BCUT2D eigenvalue weighted by molar-refractivity contribution is -0.137. The summed E-state index contributed by atoms with van der Waals surface area (Å²) in [5.41, 5.74) is 0.473. The van der Waals surface area contributed by atoms with Crippen LogP contribution >= 0.6 is 27.3 Å². The van der Waals surface area contributed by atoms with Crippen LogP contribution in [0.25, 0.3) is 0 Å². The van der Waals surface area contributed by atoms with E-state index in [0.717, 1.165) is 21.4 Å². The lowest BCUT2D eigenvalue weighted by Gasteiger charge is -2.20. The van der Waals surface area contributed by atoms with E-state index >= 15 is 0 Å². The van der Waals surface area contributed by atoms with Crippen molar-refractivity contribution in [3.8, 4) is 0 Å². The second-order valence-electron chi connectivity index (χ2n) is 4.92. The van der Waals surface area contributed by atoms with Gasteiger partial charge in [0.2, 0.25) is 0 Å². The number of hydrogen-bond donors (Lipinski definition) is 1. The second kappa shape index (κ2) is 6.01. The lowest BCUT2D eigenvalue weighted by atomic mass is 10.1. The standard InChI is InChI=1S/C15H15BrF3NS/c1-8-6-12(10(3)21-8)9(2)20-14-7-11(16)4-5-13(14)15(17,18)19/h4-7,9,20H,1-3H3. The maximum absolute atomic E-state index is 13.1. The average Bonchev–Trinajstić information content (AvgIpc) is 2.67. The zero-order chi connectivity index (χ0) is 15.8. The van der Waals surface area contributed by atoms with Crippen LogP contribution in [0.4, 0.5) is 18.9 Å². The smallest absolute Gasteiger partial charge is 0.378 e. The number of halogens is 4. The molecule has 0 bridgehead atoms. The van der Waals surface area contributed by atoms with Crippen LogP contribution in [0.5, 0.6) is 0 Å². The number of anilines is 1. The van der Waals surface area contributed by atoms with E-state index in [1.807, 2.05) is 26.8 Å². The maximum atomic E-state index is 13.1. The molecule has 0 saturated carbocycles. The van der Waals surface area contributed by atoms with Crippen molar-refractivity contribution in [2.75, 3.05) is 5.32 Å². The van der Waals surface area contributed by atoms with Gasteiger partial charge >= 0.3 is 6.18 Å². The minimum Gasteiger partial charge on any atom is -0.378 e. The Kier molecular flexibility index (Phi) is 4.68. The molecule has 0 aliphatic heterocycles. The summed E-state index contributed by atoms with van der Waals surface area (Å²) in [6, 6.07) is 5.78. The summed E-state index contributed by atoms with van der Waals surface area (Å²) in [5.74, 6) is 0. The van der Waals surface area contributed by atoms with Gasteiger partial charge in [-0.05, 0) is 50.6 Å². The van der Waals surface area contributed by atoms with Crippen molar-refractivity contribution in [1.82, 2.24) is 0 Å². The fraction of sp³-hybridized carbons (Fsp3) is 0.333. The molecule has 1 aromatic carbocycles. The molecule has 0 aliphatic rings. The predicted octanol–water partition coefficient (Wildman–Crippen LogP) is 6.32. The first kappa shape index (κ1) is 16.4. The summed E-state index contributed by atoms with van der Waals surface area (Å²) in [7, 11) is 0. The molecule has 0 fully saturated rings. The van der Waals surface area contributed by atoms with Crippen molar-refractivity contribution in [2.24, 2.45) is 0 Å². The zero-order valence-electron chi connectivity index (χ0n) is 11.8. The van der Waals surface area contributed by atoms with E-state index in [-0.39, 0.29) is 11.7 Å². The van der Waals surface area contributed by atoms with Gasteiger partial charge in [-0.2, -0.15) is 13.2 Å². The van der Waals surface area contributed by atoms with Gasteiger partial charge in [-0.3, -0.25) is 0 Å². The molecule has 114 valence electrons. The Morgan fingerprint density at radius 2 is 1.86 bits per heavy atom. The van der Waals surface area contributed by atoms with E-state index in [1.165, 1.54) is 12.1 Å². The van der Waals surface area contributed by atoms with Gasteiger partial charge in [-0.25, -0.2) is 0 Å². The predicted molar refractivity (Wildman–Crippen MR) is 85.0 cm³/mol. The van der Waals surface area contributed by atoms with Gasteiger partial charge in [0.25, 0.3) is 0 Å². The van der Waals surface area contributed by atoms with Gasteiger partial charge in [0, 0.05) is 26.0 Å². The van der Waals surface area contributed by atoms with Crippen LogP contribution < -0.4 is 5.32 Å². The molecule has 0 radical (unpaired) electrons. The molecule has 1 nitrogen and oxygen atoms in total. The van der Waals surface area contributed by atoms with Crippen molar-refractivity contribution in [3.63, 3.8) is 0 Å². The first-order valence-electron chi connectivity index (χ1n) is 6.38. The van der Waals surface area contributed by atoms with Crippen molar-refractivity contribution >= 4 is 33.0 Å². The lowest BCUT2D eigenvalue weighted by Crippen LogP contribution is -2.13. The molecule has 0 aliphatic carbocycles. The summed E-state index contributed by atoms with van der Waals surface area (Å²) < 4.78 is 39.8. The summed E-state index contributed by atoms with van der Waals surface area (Å²) in [4.78, 5) is 2.28. The van der Waals surface area contributed by atoms with Gasteiger partial charge in [0.15, 0.2) is 0 Å². The highest BCUT2D eigenvalue weighted by molar-refractivity contribution is 9.10. The van der Waals surface area contributed by atoms with Crippen molar-refractivity contribution in [3.05, 3.63) is 49.6 Å². The third-order valence-electron chi connectivity index (χ3n) is 3.20. The number of aryl methyl sites for hydroxylation is 2. The highest BCUT2D eigenvalue weighted by atomic mass is 79.9. The van der Waals surface area contributed by atoms with E-state index in [2.05, 4.69) is 21.2 Å².